The standard InChI is InChI=1S/C18H16INO5S/c1-11-14-10-13(6-7-16(14)25-17(11)18(21)22)26(23,24)20-9-8-12-4-2-3-5-15(12)19/h2-7,10,20H,8-9H2,1H3,(H,21,22). The van der Waals surface area contributed by atoms with E-state index < -0.39 is 16.0 Å². The summed E-state index contributed by atoms with van der Waals surface area (Å²) >= 11 is 2.22. The first-order valence-electron chi connectivity index (χ1n) is 7.79. The van der Waals surface area contributed by atoms with Crippen molar-refractivity contribution in [2.45, 2.75) is 18.2 Å². The fraction of sp³-hybridized carbons (Fsp3) is 0.167. The van der Waals surface area contributed by atoms with Crippen LogP contribution in [0.15, 0.2) is 51.8 Å². The number of aromatic carboxylic acids is 1. The van der Waals surface area contributed by atoms with E-state index in [0.717, 1.165) is 9.13 Å². The minimum Gasteiger partial charge on any atom is -0.475 e. The summed E-state index contributed by atoms with van der Waals surface area (Å²) in [6.07, 6.45) is 0.578. The number of benzene rings is 2. The Bertz CT molecular complexity index is 1090. The first-order valence-corrected chi connectivity index (χ1v) is 10.4. The van der Waals surface area contributed by atoms with Crippen LogP contribution in [0.4, 0.5) is 0 Å². The van der Waals surface area contributed by atoms with E-state index in [-0.39, 0.29) is 17.2 Å². The van der Waals surface area contributed by atoms with Crippen LogP contribution in [0, 0.1) is 10.5 Å². The molecule has 3 aromatic rings. The van der Waals surface area contributed by atoms with E-state index in [1.807, 2.05) is 24.3 Å². The number of halogens is 1. The largest absolute Gasteiger partial charge is 0.475 e. The van der Waals surface area contributed by atoms with Crippen molar-refractivity contribution in [3.63, 3.8) is 0 Å². The molecule has 0 atom stereocenters. The first-order chi connectivity index (χ1) is 12.3. The molecule has 0 amide bonds. The smallest absolute Gasteiger partial charge is 0.372 e. The second kappa shape index (κ2) is 7.37. The normalized spacial score (nSPS) is 11.8. The van der Waals surface area contributed by atoms with Gasteiger partial charge in [-0.2, -0.15) is 0 Å². The van der Waals surface area contributed by atoms with Crippen molar-refractivity contribution in [2.24, 2.45) is 0 Å². The zero-order valence-corrected chi connectivity index (χ0v) is 16.8. The van der Waals surface area contributed by atoms with Gasteiger partial charge >= 0.3 is 5.97 Å². The summed E-state index contributed by atoms with van der Waals surface area (Å²) in [5.41, 5.74) is 1.82. The van der Waals surface area contributed by atoms with Gasteiger partial charge in [-0.05, 0) is 65.8 Å². The minimum atomic E-state index is -3.70. The van der Waals surface area contributed by atoms with Gasteiger partial charge in [-0.1, -0.05) is 18.2 Å². The molecule has 0 radical (unpaired) electrons. The van der Waals surface area contributed by atoms with Crippen molar-refractivity contribution in [3.05, 3.63) is 62.9 Å². The van der Waals surface area contributed by atoms with Crippen LogP contribution < -0.4 is 4.72 Å². The highest BCUT2D eigenvalue weighted by molar-refractivity contribution is 14.1. The van der Waals surface area contributed by atoms with Gasteiger partial charge in [0.15, 0.2) is 0 Å². The molecule has 8 heteroatoms. The number of aryl methyl sites for hydroxylation is 1. The second-order valence-corrected chi connectivity index (χ2v) is 8.69. The van der Waals surface area contributed by atoms with Crippen LogP contribution in [-0.4, -0.2) is 26.0 Å². The molecule has 0 aliphatic rings. The van der Waals surface area contributed by atoms with Gasteiger partial charge in [0, 0.05) is 21.1 Å². The quantitative estimate of drug-likeness (QED) is 0.521. The molecule has 2 aromatic carbocycles. The maximum Gasteiger partial charge on any atom is 0.372 e. The fourth-order valence-electron chi connectivity index (χ4n) is 2.68. The molecule has 0 unspecified atom stereocenters. The zero-order chi connectivity index (χ0) is 18.9. The number of hydrogen-bond acceptors (Lipinski definition) is 4. The summed E-state index contributed by atoms with van der Waals surface area (Å²) in [7, 11) is -3.70. The molecule has 0 fully saturated rings. The van der Waals surface area contributed by atoms with Gasteiger partial charge in [-0.15, -0.1) is 0 Å². The summed E-state index contributed by atoms with van der Waals surface area (Å²) in [5.74, 6) is -1.36. The van der Waals surface area contributed by atoms with Crippen LogP contribution in [0.3, 0.4) is 0 Å². The lowest BCUT2D eigenvalue weighted by Crippen LogP contribution is -2.26. The number of hydrogen-bond donors (Lipinski definition) is 2. The highest BCUT2D eigenvalue weighted by atomic mass is 127. The highest BCUT2D eigenvalue weighted by Crippen LogP contribution is 2.27. The van der Waals surface area contributed by atoms with E-state index in [2.05, 4.69) is 27.3 Å². The number of carboxylic acid groups (broad SMARTS) is 1. The molecule has 0 spiro atoms. The molecule has 0 aliphatic heterocycles. The van der Waals surface area contributed by atoms with E-state index >= 15 is 0 Å². The lowest BCUT2D eigenvalue weighted by molar-refractivity contribution is 0.0664. The Balaban J connectivity index is 1.81. The molecule has 2 N–H and O–H groups in total. The van der Waals surface area contributed by atoms with Crippen LogP contribution in [0.2, 0.25) is 0 Å². The molecule has 6 nitrogen and oxygen atoms in total. The van der Waals surface area contributed by atoms with Crippen molar-refractivity contribution in [3.8, 4) is 0 Å². The Labute approximate surface area is 164 Å². The first kappa shape index (κ1) is 18.9. The lowest BCUT2D eigenvalue weighted by Gasteiger charge is -2.08. The number of nitrogens with one attached hydrogen (secondary N) is 1. The molecule has 1 aromatic heterocycles. The monoisotopic (exact) mass is 485 g/mol. The number of furan rings is 1. The Kier molecular flexibility index (Phi) is 5.35. The van der Waals surface area contributed by atoms with Gasteiger partial charge in [-0.3, -0.25) is 0 Å². The van der Waals surface area contributed by atoms with Gasteiger partial charge in [0.1, 0.15) is 5.58 Å². The predicted octanol–water partition coefficient (Wildman–Crippen LogP) is 3.57. The Morgan fingerprint density at radius 2 is 1.96 bits per heavy atom. The number of sulfonamides is 1. The average Bonchev–Trinajstić information content (AvgIpc) is 2.93. The summed E-state index contributed by atoms with van der Waals surface area (Å²) < 4.78 is 34.0. The number of rotatable bonds is 6. The number of carboxylic acids is 1. The maximum absolute atomic E-state index is 12.5. The van der Waals surface area contributed by atoms with Crippen molar-refractivity contribution in [2.75, 3.05) is 6.54 Å². The van der Waals surface area contributed by atoms with Gasteiger partial charge in [0.05, 0.1) is 4.90 Å². The molecule has 136 valence electrons. The third-order valence-corrected chi connectivity index (χ3v) is 6.57. The molecule has 1 heterocycles. The van der Waals surface area contributed by atoms with Crippen molar-refractivity contribution in [1.29, 1.82) is 0 Å². The average molecular weight is 485 g/mol. The third kappa shape index (κ3) is 3.76. The van der Waals surface area contributed by atoms with Crippen molar-refractivity contribution < 1.29 is 22.7 Å². The molecule has 0 aliphatic carbocycles. The molecule has 3 rings (SSSR count). The number of carbonyl (C=O) groups is 1. The molecule has 26 heavy (non-hydrogen) atoms. The maximum atomic E-state index is 12.5. The summed E-state index contributed by atoms with van der Waals surface area (Å²) in [4.78, 5) is 11.2. The zero-order valence-electron chi connectivity index (χ0n) is 13.8. The minimum absolute atomic E-state index is 0.0774. The second-order valence-electron chi connectivity index (χ2n) is 5.76. The van der Waals surface area contributed by atoms with E-state index in [1.165, 1.54) is 18.2 Å². The van der Waals surface area contributed by atoms with Crippen molar-refractivity contribution >= 4 is 49.6 Å². The molecular weight excluding hydrogens is 469 g/mol. The van der Waals surface area contributed by atoms with E-state index in [9.17, 15) is 13.2 Å². The molecule has 0 saturated heterocycles. The van der Waals surface area contributed by atoms with E-state index in [1.54, 1.807) is 6.92 Å². The number of fused-ring (bicyclic) bond motifs is 1. The molecule has 0 saturated carbocycles. The van der Waals surface area contributed by atoms with Gasteiger partial charge in [0.2, 0.25) is 15.8 Å². The predicted molar refractivity (Wildman–Crippen MR) is 106 cm³/mol. The van der Waals surface area contributed by atoms with Gasteiger partial charge in [-0.25, -0.2) is 17.9 Å². The topological polar surface area (TPSA) is 96.6 Å². The van der Waals surface area contributed by atoms with E-state index in [0.29, 0.717) is 23.0 Å². The summed E-state index contributed by atoms with van der Waals surface area (Å²) in [6.45, 7) is 1.86. The van der Waals surface area contributed by atoms with Crippen LogP contribution in [0.1, 0.15) is 21.7 Å². The Morgan fingerprint density at radius 1 is 1.23 bits per heavy atom. The SMILES string of the molecule is Cc1c(C(=O)O)oc2ccc(S(=O)(=O)NCCc3ccccc3I)cc12. The third-order valence-electron chi connectivity index (χ3n) is 4.06. The molecule has 0 bridgehead atoms. The van der Waals surface area contributed by atoms with Crippen LogP contribution in [0.5, 0.6) is 0 Å². The van der Waals surface area contributed by atoms with E-state index in [4.69, 9.17) is 9.52 Å². The molecular formula is C18H16INO5S. The lowest BCUT2D eigenvalue weighted by atomic mass is 10.1. The van der Waals surface area contributed by atoms with Gasteiger partial charge < -0.3 is 9.52 Å². The summed E-state index contributed by atoms with van der Waals surface area (Å²) in [5, 5.41) is 9.59. The van der Waals surface area contributed by atoms with Crippen LogP contribution in [0.25, 0.3) is 11.0 Å². The Morgan fingerprint density at radius 3 is 2.65 bits per heavy atom. The fourth-order valence-corrected chi connectivity index (χ4v) is 4.39. The Hall–Kier alpha value is -1.91. The van der Waals surface area contributed by atoms with Gasteiger partial charge in [0.25, 0.3) is 0 Å². The van der Waals surface area contributed by atoms with Crippen LogP contribution in [-0.2, 0) is 16.4 Å². The highest BCUT2D eigenvalue weighted by Gasteiger charge is 2.20. The van der Waals surface area contributed by atoms with Crippen LogP contribution >= 0.6 is 22.6 Å². The van der Waals surface area contributed by atoms with Crippen molar-refractivity contribution in [1.82, 2.24) is 4.72 Å². The summed E-state index contributed by atoms with van der Waals surface area (Å²) in [6, 6.07) is 12.1.